The molecule has 5 heteroatoms. The molecule has 0 amide bonds. The van der Waals surface area contributed by atoms with Gasteiger partial charge in [-0.1, -0.05) is 29.8 Å². The van der Waals surface area contributed by atoms with Crippen LogP contribution in [0, 0.1) is 30.1 Å². The Bertz CT molecular complexity index is 937. The van der Waals surface area contributed by atoms with Gasteiger partial charge in [0.1, 0.15) is 10.7 Å². The van der Waals surface area contributed by atoms with Crippen LogP contribution in [0.25, 0.3) is 4.91 Å². The van der Waals surface area contributed by atoms with Gasteiger partial charge < -0.3 is 0 Å². The average molecular weight is 399 g/mol. The quantitative estimate of drug-likeness (QED) is 0.805. The number of hydrogen-bond acceptors (Lipinski definition) is 3. The van der Waals surface area contributed by atoms with Crippen molar-refractivity contribution in [2.45, 2.75) is 65.3 Å². The molecular formula is C23H30N2O2S. The van der Waals surface area contributed by atoms with Crippen molar-refractivity contribution in [3.8, 4) is 0 Å². The van der Waals surface area contributed by atoms with Gasteiger partial charge in [-0.25, -0.2) is 8.42 Å². The van der Waals surface area contributed by atoms with E-state index < -0.39 is 10.0 Å². The zero-order valence-electron chi connectivity index (χ0n) is 17.0. The first-order valence-electron chi connectivity index (χ1n) is 10.6. The molecule has 1 aromatic carbocycles. The Labute approximate surface area is 168 Å². The summed E-state index contributed by atoms with van der Waals surface area (Å²) in [6.07, 6.45) is 8.05. The van der Waals surface area contributed by atoms with Crippen LogP contribution in [-0.2, 0) is 10.0 Å². The highest BCUT2D eigenvalue weighted by Gasteiger charge is 2.53. The molecule has 4 aliphatic carbocycles. The Morgan fingerprint density at radius 2 is 1.54 bits per heavy atom. The first-order valence-corrected chi connectivity index (χ1v) is 12.1. The first kappa shape index (κ1) is 18.4. The maximum Gasteiger partial charge on any atom is 0.264 e. The fourth-order valence-corrected chi connectivity index (χ4v) is 8.29. The molecule has 1 aliphatic heterocycles. The molecule has 5 aliphatic rings. The Morgan fingerprint density at radius 3 is 2.07 bits per heavy atom. The molecule has 1 atom stereocenters. The van der Waals surface area contributed by atoms with Crippen LogP contribution < -0.4 is 4.72 Å². The molecule has 0 unspecified atom stereocenters. The van der Waals surface area contributed by atoms with E-state index in [2.05, 4.69) is 11.6 Å². The molecule has 0 radical (unpaired) electrons. The van der Waals surface area contributed by atoms with Crippen LogP contribution >= 0.6 is 0 Å². The molecule has 4 bridgehead atoms. The minimum atomic E-state index is -3.55. The molecule has 0 spiro atoms. The van der Waals surface area contributed by atoms with Gasteiger partial charge in [-0.3, -0.25) is 9.71 Å². The maximum absolute atomic E-state index is 12.8. The molecule has 6 rings (SSSR count). The number of amidine groups is 1. The van der Waals surface area contributed by atoms with Crippen molar-refractivity contribution in [3.63, 3.8) is 0 Å². The van der Waals surface area contributed by atoms with E-state index >= 15 is 0 Å². The van der Waals surface area contributed by atoms with Crippen LogP contribution in [0.15, 0.2) is 34.8 Å². The van der Waals surface area contributed by atoms with Gasteiger partial charge in [-0.2, -0.15) is 0 Å². The predicted molar refractivity (Wildman–Crippen MR) is 113 cm³/mol. The molecule has 1 heterocycles. The second-order valence-electron chi connectivity index (χ2n) is 9.86. The van der Waals surface area contributed by atoms with Gasteiger partial charge in [0, 0.05) is 5.57 Å². The number of benzene rings is 1. The minimum Gasteiger partial charge on any atom is -0.264 e. The zero-order valence-corrected chi connectivity index (χ0v) is 17.8. The fourth-order valence-electron chi connectivity index (χ4n) is 6.78. The van der Waals surface area contributed by atoms with E-state index in [0.29, 0.717) is 10.7 Å². The van der Waals surface area contributed by atoms with Crippen molar-refractivity contribution in [1.82, 2.24) is 4.72 Å². The van der Waals surface area contributed by atoms with Crippen molar-refractivity contribution in [2.24, 2.45) is 28.2 Å². The molecule has 28 heavy (non-hydrogen) atoms. The van der Waals surface area contributed by atoms with E-state index in [1.807, 2.05) is 38.1 Å². The second kappa shape index (κ2) is 6.19. The number of hydrogen-bond donors (Lipinski definition) is 1. The summed E-state index contributed by atoms with van der Waals surface area (Å²) in [5.74, 6) is 3.16. The third-order valence-electron chi connectivity index (χ3n) is 7.80. The van der Waals surface area contributed by atoms with Gasteiger partial charge in [-0.05, 0) is 88.0 Å². The molecular weight excluding hydrogens is 368 g/mol. The number of nitrogens with one attached hydrogen (secondary N) is 1. The largest absolute Gasteiger partial charge is 0.264 e. The lowest BCUT2D eigenvalue weighted by atomic mass is 9.48. The van der Waals surface area contributed by atoms with Crippen molar-refractivity contribution in [1.29, 1.82) is 0 Å². The van der Waals surface area contributed by atoms with Crippen molar-refractivity contribution in [3.05, 3.63) is 41.0 Å². The lowest BCUT2D eigenvalue weighted by Gasteiger charge is -2.58. The predicted octanol–water partition coefficient (Wildman–Crippen LogP) is 4.66. The summed E-state index contributed by atoms with van der Waals surface area (Å²) in [4.78, 5) is 5.38. The van der Waals surface area contributed by atoms with Gasteiger partial charge in [0.05, 0.1) is 6.04 Å². The highest BCUT2D eigenvalue weighted by Crippen LogP contribution is 2.61. The average Bonchev–Trinajstić information content (AvgIpc) is 2.83. The third kappa shape index (κ3) is 2.85. The molecule has 4 saturated carbocycles. The Morgan fingerprint density at radius 1 is 1.00 bits per heavy atom. The Hall–Kier alpha value is -1.62. The molecule has 1 N–H and O–H groups in total. The summed E-state index contributed by atoms with van der Waals surface area (Å²) < 4.78 is 28.4. The van der Waals surface area contributed by atoms with Crippen LogP contribution in [0.3, 0.4) is 0 Å². The van der Waals surface area contributed by atoms with Gasteiger partial charge >= 0.3 is 0 Å². The third-order valence-corrected chi connectivity index (χ3v) is 9.35. The fraction of sp³-hybridized carbons (Fsp3) is 0.609. The van der Waals surface area contributed by atoms with Crippen molar-refractivity contribution in [2.75, 3.05) is 0 Å². The Balaban J connectivity index is 1.49. The summed E-state index contributed by atoms with van der Waals surface area (Å²) in [6.45, 7) is 6.11. The smallest absolute Gasteiger partial charge is 0.264 e. The molecule has 4 fully saturated rings. The number of aryl methyl sites for hydroxylation is 1. The lowest BCUT2D eigenvalue weighted by Crippen LogP contribution is -2.50. The van der Waals surface area contributed by atoms with Crippen LogP contribution in [-0.4, -0.2) is 20.3 Å². The molecule has 1 aromatic rings. The van der Waals surface area contributed by atoms with E-state index in [9.17, 15) is 8.42 Å². The zero-order chi connectivity index (χ0) is 19.7. The van der Waals surface area contributed by atoms with E-state index in [-0.39, 0.29) is 11.5 Å². The molecule has 150 valence electrons. The van der Waals surface area contributed by atoms with Crippen LogP contribution in [0.1, 0.15) is 63.5 Å². The van der Waals surface area contributed by atoms with Crippen LogP contribution in [0.5, 0.6) is 0 Å². The SMILES string of the molecule is CC1=C(c2ccc(C)cc2)S(=O)(=O)NC1=N[C@@H](C)C12CC3CC(CC(C3)C1)C2. The van der Waals surface area contributed by atoms with Crippen LogP contribution in [0.2, 0.25) is 0 Å². The number of aliphatic imine (C=N–C) groups is 1. The van der Waals surface area contributed by atoms with Crippen LogP contribution in [0.4, 0.5) is 0 Å². The summed E-state index contributed by atoms with van der Waals surface area (Å²) in [6, 6.07) is 7.85. The Kier molecular flexibility index (Phi) is 4.07. The molecule has 0 aromatic heterocycles. The summed E-state index contributed by atoms with van der Waals surface area (Å²) in [7, 11) is -3.55. The number of rotatable bonds is 3. The normalized spacial score (nSPS) is 38.1. The minimum absolute atomic E-state index is 0.158. The van der Waals surface area contributed by atoms with E-state index in [4.69, 9.17) is 4.99 Å². The number of sulfonamides is 1. The van der Waals surface area contributed by atoms with E-state index in [0.717, 1.165) is 34.5 Å². The topological polar surface area (TPSA) is 58.5 Å². The van der Waals surface area contributed by atoms with Crippen molar-refractivity contribution < 1.29 is 8.42 Å². The standard InChI is InChI=1S/C23H30N2O2S/c1-14-4-6-20(7-5-14)21-15(2)22(25-28(21,26)27)24-16(3)23-11-17-8-18(12-23)10-19(9-17)13-23/h4-7,16-19H,8-13H2,1-3H3,(H,24,25)/t16-,17?,18?,19?,23?/m0/s1. The van der Waals surface area contributed by atoms with Gasteiger partial charge in [-0.15, -0.1) is 0 Å². The van der Waals surface area contributed by atoms with Gasteiger partial charge in [0.15, 0.2) is 0 Å². The maximum atomic E-state index is 12.8. The monoisotopic (exact) mass is 398 g/mol. The molecule has 4 nitrogen and oxygen atoms in total. The van der Waals surface area contributed by atoms with Crippen molar-refractivity contribution >= 4 is 20.8 Å². The second-order valence-corrected chi connectivity index (χ2v) is 11.5. The molecule has 0 saturated heterocycles. The summed E-state index contributed by atoms with van der Waals surface area (Å²) >= 11 is 0. The highest BCUT2D eigenvalue weighted by atomic mass is 32.2. The summed E-state index contributed by atoms with van der Waals surface area (Å²) in [5.41, 5.74) is 2.89. The van der Waals surface area contributed by atoms with E-state index in [1.165, 1.54) is 38.5 Å². The summed E-state index contributed by atoms with van der Waals surface area (Å²) in [5, 5.41) is 0. The first-order chi connectivity index (χ1) is 13.3. The van der Waals surface area contributed by atoms with Gasteiger partial charge in [0.25, 0.3) is 10.0 Å². The van der Waals surface area contributed by atoms with E-state index in [1.54, 1.807) is 0 Å². The van der Waals surface area contributed by atoms with Gasteiger partial charge in [0.2, 0.25) is 0 Å². The number of nitrogens with zero attached hydrogens (tertiary/aromatic N) is 1. The highest BCUT2D eigenvalue weighted by molar-refractivity contribution is 8.00. The lowest BCUT2D eigenvalue weighted by molar-refractivity contribution is -0.0633.